The molecule has 1 saturated carbocycles. The van der Waals surface area contributed by atoms with Crippen LogP contribution in [0.25, 0.3) is 0 Å². The Hall–Kier alpha value is -3.24. The van der Waals surface area contributed by atoms with Crippen LogP contribution in [-0.4, -0.2) is 73.2 Å². The molecule has 0 amide bonds. The number of likely N-dealkylation sites (tertiary alicyclic amines) is 1. The van der Waals surface area contributed by atoms with Crippen LogP contribution in [0.1, 0.15) is 82.7 Å². The minimum absolute atomic E-state index is 0.0557. The minimum Gasteiger partial charge on any atom is -0.504 e. The molecule has 9 aliphatic rings. The van der Waals surface area contributed by atoms with E-state index in [-0.39, 0.29) is 23.6 Å². The first-order chi connectivity index (χ1) is 21.8. The number of aromatic amines is 1. The molecule has 232 valence electrons. The van der Waals surface area contributed by atoms with Crippen LogP contribution >= 0.6 is 0 Å². The number of benzene rings is 2. The van der Waals surface area contributed by atoms with Crippen molar-refractivity contribution < 1.29 is 29.9 Å². The monoisotopic (exact) mass is 607 g/mol. The lowest BCUT2D eigenvalue weighted by Crippen LogP contribution is -2.75. The molecular formula is C36H37N3O6. The first-order valence-corrected chi connectivity index (χ1v) is 17.0. The normalized spacial score (nSPS) is 41.8. The Balaban J connectivity index is 1.10. The Morgan fingerprint density at radius 3 is 2.09 bits per heavy atom. The second-order valence-corrected chi connectivity index (χ2v) is 15.8. The third kappa shape index (κ3) is 2.43. The summed E-state index contributed by atoms with van der Waals surface area (Å²) in [6.45, 7) is 2.68. The lowest BCUT2D eigenvalue weighted by molar-refractivity contribution is -0.173. The number of aliphatic hydroxyl groups is 2. The Morgan fingerprint density at radius 1 is 0.800 bits per heavy atom. The van der Waals surface area contributed by atoms with Crippen molar-refractivity contribution in [3.05, 3.63) is 69.0 Å². The fourth-order valence-electron chi connectivity index (χ4n) is 12.3. The average Bonchev–Trinajstić information content (AvgIpc) is 3.51. The van der Waals surface area contributed by atoms with Gasteiger partial charge in [0.1, 0.15) is 0 Å². The van der Waals surface area contributed by atoms with E-state index in [9.17, 15) is 20.4 Å². The smallest absolute Gasteiger partial charge is 0.166 e. The maximum Gasteiger partial charge on any atom is 0.166 e. The van der Waals surface area contributed by atoms with Crippen molar-refractivity contribution in [3.8, 4) is 23.0 Å². The zero-order chi connectivity index (χ0) is 29.8. The number of hydrogen-bond acceptors (Lipinski definition) is 8. The van der Waals surface area contributed by atoms with Gasteiger partial charge < -0.3 is 40.2 Å². The maximum atomic E-state index is 13.3. The SMILES string of the molecule is Oc1ccc2c3c1O[C@H]1c4[nH]c5c(c4C[C@@]4(O)[C@@H](C2)NCC[C@]314)C[C@@]1(O)[C@H]2Cc3ccc(O)c4c3[C@@]1(CCN2CC1CC1)[C@H]5O4. The van der Waals surface area contributed by atoms with Gasteiger partial charge in [-0.05, 0) is 91.9 Å². The summed E-state index contributed by atoms with van der Waals surface area (Å²) in [4.78, 5) is 6.40. The van der Waals surface area contributed by atoms with Gasteiger partial charge in [0.25, 0.3) is 0 Å². The van der Waals surface area contributed by atoms with Crippen LogP contribution in [0.4, 0.5) is 0 Å². The van der Waals surface area contributed by atoms with Crippen molar-refractivity contribution in [1.82, 2.24) is 15.2 Å². The molecule has 3 fully saturated rings. The lowest BCUT2D eigenvalue weighted by atomic mass is 9.47. The van der Waals surface area contributed by atoms with Crippen molar-refractivity contribution >= 4 is 0 Å². The van der Waals surface area contributed by atoms with Gasteiger partial charge in [-0.2, -0.15) is 0 Å². The Kier molecular flexibility index (Phi) is 4.06. The molecule has 1 aromatic heterocycles. The van der Waals surface area contributed by atoms with Gasteiger partial charge in [-0.15, -0.1) is 0 Å². The molecule has 4 bridgehead atoms. The number of phenolic OH excluding ortho intramolecular Hbond substituents is 2. The van der Waals surface area contributed by atoms with Crippen molar-refractivity contribution in [2.75, 3.05) is 19.6 Å². The van der Waals surface area contributed by atoms with E-state index in [1.54, 1.807) is 12.1 Å². The summed E-state index contributed by atoms with van der Waals surface area (Å²) in [7, 11) is 0. The quantitative estimate of drug-likeness (QED) is 0.262. The van der Waals surface area contributed by atoms with Crippen LogP contribution in [-0.2, 0) is 36.5 Å². The number of aromatic nitrogens is 1. The van der Waals surface area contributed by atoms with Gasteiger partial charge >= 0.3 is 0 Å². The van der Waals surface area contributed by atoms with Crippen molar-refractivity contribution in [2.45, 2.75) is 97.7 Å². The lowest BCUT2D eigenvalue weighted by Gasteiger charge is -2.63. The number of nitrogens with one attached hydrogen (secondary N) is 2. The third-order valence-corrected chi connectivity index (χ3v) is 14.2. The Bertz CT molecular complexity index is 1920. The first-order valence-electron chi connectivity index (χ1n) is 17.0. The van der Waals surface area contributed by atoms with Crippen LogP contribution < -0.4 is 14.8 Å². The van der Waals surface area contributed by atoms with Gasteiger partial charge in [0.15, 0.2) is 35.2 Å². The fraction of sp³-hybridized carbons (Fsp3) is 0.556. The van der Waals surface area contributed by atoms with Crippen LogP contribution in [0.3, 0.4) is 0 Å². The second kappa shape index (κ2) is 7.33. The zero-order valence-corrected chi connectivity index (χ0v) is 25.0. The molecule has 2 spiro atoms. The highest BCUT2D eigenvalue weighted by molar-refractivity contribution is 5.68. The van der Waals surface area contributed by atoms with Gasteiger partial charge in [0.05, 0.1) is 33.4 Å². The minimum atomic E-state index is -1.12. The van der Waals surface area contributed by atoms with Gasteiger partial charge in [-0.1, -0.05) is 12.1 Å². The van der Waals surface area contributed by atoms with Crippen molar-refractivity contribution in [2.24, 2.45) is 5.92 Å². The summed E-state index contributed by atoms with van der Waals surface area (Å²) in [5.74, 6) is 1.99. The number of nitrogens with zero attached hydrogens (tertiary/aromatic N) is 1. The molecule has 8 atom stereocenters. The summed E-state index contributed by atoms with van der Waals surface area (Å²) in [6, 6.07) is 7.32. The fourth-order valence-corrected chi connectivity index (χ4v) is 12.3. The van der Waals surface area contributed by atoms with E-state index >= 15 is 0 Å². The molecule has 6 N–H and O–H groups in total. The molecule has 9 nitrogen and oxygen atoms in total. The summed E-state index contributed by atoms with van der Waals surface area (Å²) < 4.78 is 13.6. The summed E-state index contributed by atoms with van der Waals surface area (Å²) >= 11 is 0. The van der Waals surface area contributed by atoms with Gasteiger partial charge in [0.2, 0.25) is 0 Å². The number of rotatable bonds is 2. The number of H-pyrrole nitrogens is 1. The van der Waals surface area contributed by atoms with Crippen molar-refractivity contribution in [1.29, 1.82) is 0 Å². The standard InChI is InChI=1S/C36H37N3O6/c40-21-5-3-17-11-23-35(42)13-19-20-14-36(43)24-12-18-4-6-22(41)30-26(18)34(36,8-10-39(24)15-16-1-2-16)32(45-30)28(20)38-27(19)31-33(35,7-9-37-23)25(17)29(21)44-31/h3-6,16,23-24,31-32,37-38,40-43H,1-2,7-15H2/t23-,24-,31+,32+,33+,34+,35-,36-/m1/s1. The number of phenols is 2. The highest BCUT2D eigenvalue weighted by Crippen LogP contribution is 2.72. The predicted molar refractivity (Wildman–Crippen MR) is 161 cm³/mol. The molecule has 5 aliphatic carbocycles. The summed E-state index contributed by atoms with van der Waals surface area (Å²) in [6.07, 6.45) is 5.32. The van der Waals surface area contributed by atoms with Crippen LogP contribution in [0.15, 0.2) is 24.3 Å². The third-order valence-electron chi connectivity index (χ3n) is 14.2. The van der Waals surface area contributed by atoms with Gasteiger partial charge in [-0.3, -0.25) is 4.90 Å². The number of hydrogen-bond donors (Lipinski definition) is 6. The van der Waals surface area contributed by atoms with E-state index in [1.807, 2.05) is 12.1 Å². The van der Waals surface area contributed by atoms with E-state index in [4.69, 9.17) is 9.47 Å². The molecule has 0 unspecified atom stereocenters. The second-order valence-electron chi connectivity index (χ2n) is 15.8. The van der Waals surface area contributed by atoms with Crippen LogP contribution in [0.2, 0.25) is 0 Å². The molecule has 5 heterocycles. The number of aromatic hydroxyl groups is 2. The van der Waals surface area contributed by atoms with E-state index in [2.05, 4.69) is 15.2 Å². The Morgan fingerprint density at radius 2 is 1.42 bits per heavy atom. The van der Waals surface area contributed by atoms with Gasteiger partial charge in [0, 0.05) is 42.6 Å². The summed E-state index contributed by atoms with van der Waals surface area (Å²) in [5.41, 5.74) is 4.68. The largest absolute Gasteiger partial charge is 0.504 e. The van der Waals surface area contributed by atoms with Gasteiger partial charge in [-0.25, -0.2) is 0 Å². The van der Waals surface area contributed by atoms with E-state index in [1.165, 1.54) is 18.4 Å². The highest BCUT2D eigenvalue weighted by atomic mass is 16.5. The number of ether oxygens (including phenoxy) is 2. The average molecular weight is 608 g/mol. The van der Waals surface area contributed by atoms with Crippen LogP contribution in [0.5, 0.6) is 23.0 Å². The first kappa shape index (κ1) is 24.9. The van der Waals surface area contributed by atoms with E-state index in [0.29, 0.717) is 43.1 Å². The molecule has 45 heavy (non-hydrogen) atoms. The molecule has 0 radical (unpaired) electrons. The van der Waals surface area contributed by atoms with E-state index < -0.39 is 34.2 Å². The summed E-state index contributed by atoms with van der Waals surface area (Å²) in [5, 5.41) is 52.1. The molecule has 4 aliphatic heterocycles. The Labute approximate surface area is 260 Å². The molecule has 3 aromatic rings. The molecule has 12 rings (SSSR count). The van der Waals surface area contributed by atoms with Crippen LogP contribution in [0, 0.1) is 5.92 Å². The topological polar surface area (TPSA) is 130 Å². The van der Waals surface area contributed by atoms with Crippen molar-refractivity contribution in [3.63, 3.8) is 0 Å². The number of fused-ring (bicyclic) bond motifs is 5. The molecule has 2 aromatic carbocycles. The molecule has 9 heteroatoms. The zero-order valence-electron chi connectivity index (χ0n) is 25.0. The molecular weight excluding hydrogens is 570 g/mol. The number of piperidine rings is 2. The predicted octanol–water partition coefficient (Wildman–Crippen LogP) is 2.70. The maximum absolute atomic E-state index is 13.3. The highest BCUT2D eigenvalue weighted by Gasteiger charge is 2.76. The molecule has 2 saturated heterocycles. The van der Waals surface area contributed by atoms with E-state index in [0.717, 1.165) is 71.7 Å².